The molecule has 0 spiro atoms. The predicted molar refractivity (Wildman–Crippen MR) is 118 cm³/mol. The van der Waals surface area contributed by atoms with Gasteiger partial charge in [-0.05, 0) is 36.6 Å². The number of hydrogen-bond donors (Lipinski definition) is 1. The molecule has 3 heterocycles. The van der Waals surface area contributed by atoms with Crippen LogP contribution in [0.4, 0.5) is 5.69 Å². The number of esters is 1. The Morgan fingerprint density at radius 3 is 2.63 bits per heavy atom. The van der Waals surface area contributed by atoms with Gasteiger partial charge in [-0.1, -0.05) is 17.7 Å². The third-order valence-electron chi connectivity index (χ3n) is 5.04. The number of benzene rings is 1. The van der Waals surface area contributed by atoms with Gasteiger partial charge >= 0.3 is 5.97 Å². The number of aromatic amines is 1. The molecule has 9 heteroatoms. The second-order valence-corrected chi connectivity index (χ2v) is 8.23. The zero-order valence-corrected chi connectivity index (χ0v) is 17.9. The van der Waals surface area contributed by atoms with Crippen LogP contribution in [0.3, 0.4) is 0 Å². The smallest absolute Gasteiger partial charge is 0.345 e. The number of ether oxygens (including phenoxy) is 1. The molecule has 1 N–H and O–H groups in total. The lowest BCUT2D eigenvalue weighted by atomic mass is 10.1. The first-order chi connectivity index (χ1) is 14.5. The van der Waals surface area contributed by atoms with Crippen LogP contribution in [0, 0.1) is 0 Å². The van der Waals surface area contributed by atoms with Crippen molar-refractivity contribution in [3.05, 3.63) is 61.5 Å². The molecule has 0 atom stereocenters. The molecule has 4 rings (SSSR count). The summed E-state index contributed by atoms with van der Waals surface area (Å²) in [5.74, 6) is -0.679. The zero-order chi connectivity index (χ0) is 21.3. The minimum Gasteiger partial charge on any atom is -0.462 e. The van der Waals surface area contributed by atoms with Crippen LogP contribution in [0.5, 0.6) is 0 Å². The summed E-state index contributed by atoms with van der Waals surface area (Å²) in [7, 11) is 0. The van der Waals surface area contributed by atoms with E-state index in [9.17, 15) is 14.4 Å². The fraction of sp³-hybridized carbons (Fsp3) is 0.286. The molecule has 0 radical (unpaired) electrons. The molecule has 7 nitrogen and oxygen atoms in total. The average Bonchev–Trinajstić information content (AvgIpc) is 3.28. The topological polar surface area (TPSA) is 82.7 Å². The summed E-state index contributed by atoms with van der Waals surface area (Å²) in [5, 5.41) is 3.04. The Labute approximate surface area is 181 Å². The van der Waals surface area contributed by atoms with Crippen molar-refractivity contribution in [2.45, 2.75) is 6.92 Å². The Morgan fingerprint density at radius 2 is 1.97 bits per heavy atom. The number of thiophene rings is 1. The van der Waals surface area contributed by atoms with Crippen LogP contribution in [0.2, 0.25) is 5.02 Å². The predicted octanol–water partition coefficient (Wildman–Crippen LogP) is 3.38. The van der Waals surface area contributed by atoms with Crippen molar-refractivity contribution >= 4 is 51.4 Å². The number of nitrogens with zero attached hydrogens (tertiary/aromatic N) is 2. The van der Waals surface area contributed by atoms with E-state index >= 15 is 0 Å². The van der Waals surface area contributed by atoms with Crippen LogP contribution >= 0.6 is 22.9 Å². The first-order valence-electron chi connectivity index (χ1n) is 9.60. The highest BCUT2D eigenvalue weighted by atomic mass is 35.5. The highest BCUT2D eigenvalue weighted by Gasteiger charge is 2.29. The fourth-order valence-electron chi connectivity index (χ4n) is 3.66. The average molecular weight is 446 g/mol. The van der Waals surface area contributed by atoms with Gasteiger partial charge in [-0.3, -0.25) is 9.59 Å². The number of nitrogens with one attached hydrogen (secondary N) is 1. The Bertz CT molecular complexity index is 1150. The van der Waals surface area contributed by atoms with Crippen molar-refractivity contribution in [1.82, 2.24) is 9.88 Å². The minimum atomic E-state index is -0.673. The molecule has 1 aliphatic rings. The molecule has 156 valence electrons. The van der Waals surface area contributed by atoms with Crippen LogP contribution in [-0.4, -0.2) is 54.5 Å². The molecule has 0 saturated carbocycles. The van der Waals surface area contributed by atoms with E-state index in [0.29, 0.717) is 52.7 Å². The van der Waals surface area contributed by atoms with E-state index in [-0.39, 0.29) is 18.1 Å². The number of fused-ring (bicyclic) bond motifs is 1. The highest BCUT2D eigenvalue weighted by molar-refractivity contribution is 7.12. The molecule has 3 aromatic rings. The summed E-state index contributed by atoms with van der Waals surface area (Å²) in [5.41, 5.74) is 0.544. The Kier molecular flexibility index (Phi) is 5.78. The lowest BCUT2D eigenvalue weighted by molar-refractivity contribution is 0.0524. The molecule has 1 aromatic carbocycles. The molecule has 0 bridgehead atoms. The number of hydrogen-bond acceptors (Lipinski definition) is 6. The lowest BCUT2D eigenvalue weighted by Gasteiger charge is -2.37. The largest absolute Gasteiger partial charge is 0.462 e. The van der Waals surface area contributed by atoms with E-state index in [4.69, 9.17) is 16.3 Å². The van der Waals surface area contributed by atoms with Crippen LogP contribution in [-0.2, 0) is 4.74 Å². The summed E-state index contributed by atoms with van der Waals surface area (Å²) < 4.78 is 5.15. The number of carbonyl (C=O) groups is 2. The van der Waals surface area contributed by atoms with Gasteiger partial charge in [0.2, 0.25) is 0 Å². The SMILES string of the molecule is CCOC(=O)c1c(N2CCN(C(=O)c3cccs3)CC2)c2cc(Cl)ccc2[nH]c1=O. The number of H-pyrrole nitrogens is 1. The van der Waals surface area contributed by atoms with Crippen molar-refractivity contribution in [1.29, 1.82) is 0 Å². The first kappa shape index (κ1) is 20.4. The molecule has 1 aliphatic heterocycles. The standard InChI is InChI=1S/C21H20ClN3O4S/c1-2-29-21(28)17-18(14-12-13(22)5-6-15(14)23-19(17)26)24-7-9-25(10-8-24)20(27)16-4-3-11-30-16/h3-6,11-12H,2,7-10H2,1H3,(H,23,26). The van der Waals surface area contributed by atoms with Gasteiger partial charge < -0.3 is 19.5 Å². The van der Waals surface area contributed by atoms with Gasteiger partial charge in [0.25, 0.3) is 11.5 Å². The van der Waals surface area contributed by atoms with Gasteiger partial charge in [-0.15, -0.1) is 11.3 Å². The third kappa shape index (κ3) is 3.80. The van der Waals surface area contributed by atoms with Crippen LogP contribution < -0.4 is 10.5 Å². The summed E-state index contributed by atoms with van der Waals surface area (Å²) in [6.45, 7) is 3.78. The van der Waals surface area contributed by atoms with Crippen LogP contribution in [0.25, 0.3) is 10.9 Å². The molecular formula is C21H20ClN3O4S. The van der Waals surface area contributed by atoms with Gasteiger partial charge in [0.15, 0.2) is 0 Å². The maximum atomic E-state index is 12.7. The number of pyridine rings is 1. The quantitative estimate of drug-likeness (QED) is 0.622. The van der Waals surface area contributed by atoms with Gasteiger partial charge in [0.05, 0.1) is 22.7 Å². The zero-order valence-electron chi connectivity index (χ0n) is 16.3. The summed E-state index contributed by atoms with van der Waals surface area (Å²) >= 11 is 7.62. The maximum absolute atomic E-state index is 12.7. The van der Waals surface area contributed by atoms with Gasteiger partial charge in [0, 0.05) is 36.6 Å². The number of halogens is 1. The Balaban J connectivity index is 1.71. The second kappa shape index (κ2) is 8.49. The molecule has 0 unspecified atom stereocenters. The molecule has 0 aliphatic carbocycles. The Morgan fingerprint density at radius 1 is 1.20 bits per heavy atom. The van der Waals surface area contributed by atoms with E-state index in [1.165, 1.54) is 11.3 Å². The number of aromatic nitrogens is 1. The molecule has 1 saturated heterocycles. The van der Waals surface area contributed by atoms with Crippen molar-refractivity contribution in [2.24, 2.45) is 0 Å². The van der Waals surface area contributed by atoms with Gasteiger partial charge in [0.1, 0.15) is 5.56 Å². The highest BCUT2D eigenvalue weighted by Crippen LogP contribution is 2.31. The first-order valence-corrected chi connectivity index (χ1v) is 10.9. The van der Waals surface area contributed by atoms with E-state index in [2.05, 4.69) is 4.98 Å². The normalized spacial score (nSPS) is 14.2. The van der Waals surface area contributed by atoms with Crippen molar-refractivity contribution in [3.63, 3.8) is 0 Å². The summed E-state index contributed by atoms with van der Waals surface area (Å²) in [6, 6.07) is 8.80. The number of anilines is 1. The van der Waals surface area contributed by atoms with Crippen LogP contribution in [0.1, 0.15) is 27.0 Å². The number of carbonyl (C=O) groups excluding carboxylic acids is 2. The van der Waals surface area contributed by atoms with E-state index < -0.39 is 11.5 Å². The number of rotatable bonds is 4. The van der Waals surface area contributed by atoms with E-state index in [0.717, 1.165) is 0 Å². The Hall–Kier alpha value is -2.84. The molecule has 1 fully saturated rings. The van der Waals surface area contributed by atoms with Gasteiger partial charge in [-0.25, -0.2) is 4.79 Å². The summed E-state index contributed by atoms with van der Waals surface area (Å²) in [6.07, 6.45) is 0. The van der Waals surface area contributed by atoms with Crippen molar-refractivity contribution in [3.8, 4) is 0 Å². The molecule has 30 heavy (non-hydrogen) atoms. The summed E-state index contributed by atoms with van der Waals surface area (Å²) in [4.78, 5) is 45.2. The molecule has 1 amide bonds. The monoisotopic (exact) mass is 445 g/mol. The van der Waals surface area contributed by atoms with Gasteiger partial charge in [-0.2, -0.15) is 0 Å². The van der Waals surface area contributed by atoms with Crippen LogP contribution in [0.15, 0.2) is 40.5 Å². The molecule has 2 aromatic heterocycles. The number of piperazine rings is 1. The van der Waals surface area contributed by atoms with E-state index in [1.807, 2.05) is 22.4 Å². The van der Waals surface area contributed by atoms with Crippen molar-refractivity contribution in [2.75, 3.05) is 37.7 Å². The fourth-order valence-corrected chi connectivity index (χ4v) is 4.52. The number of amides is 1. The third-order valence-corrected chi connectivity index (χ3v) is 6.14. The second-order valence-electron chi connectivity index (χ2n) is 6.84. The molecular weight excluding hydrogens is 426 g/mol. The maximum Gasteiger partial charge on any atom is 0.345 e. The van der Waals surface area contributed by atoms with E-state index in [1.54, 1.807) is 30.0 Å². The van der Waals surface area contributed by atoms with Crippen molar-refractivity contribution < 1.29 is 14.3 Å². The minimum absolute atomic E-state index is 0.00548. The lowest BCUT2D eigenvalue weighted by Crippen LogP contribution is -2.49.